The first-order chi connectivity index (χ1) is 5.93. The lowest BCUT2D eigenvalue weighted by molar-refractivity contribution is 0.513. The molecule has 0 unspecified atom stereocenters. The largest absolute Gasteiger partial charge is 0.330 e. The van der Waals surface area contributed by atoms with E-state index in [0.29, 0.717) is 0 Å². The van der Waals surface area contributed by atoms with E-state index in [1.807, 2.05) is 0 Å². The molecule has 0 bridgehead atoms. The summed E-state index contributed by atoms with van der Waals surface area (Å²) in [4.78, 5) is 0. The van der Waals surface area contributed by atoms with Crippen LogP contribution in [0.5, 0.6) is 0 Å². The van der Waals surface area contributed by atoms with Crippen molar-refractivity contribution in [2.75, 3.05) is 12.3 Å². The summed E-state index contributed by atoms with van der Waals surface area (Å²) in [5.74, 6) is 1.16. The van der Waals surface area contributed by atoms with Crippen LogP contribution in [0.25, 0.3) is 0 Å². The Kier molecular flexibility index (Phi) is 5.88. The lowest BCUT2D eigenvalue weighted by atomic mass is 10.0. The van der Waals surface area contributed by atoms with Crippen molar-refractivity contribution in [1.82, 2.24) is 0 Å². The standard InChI is InChI=1S/C10H21NS/c11-8-9-12-10-6-4-2-1-3-5-7-10/h10H,1-9,11H2. The van der Waals surface area contributed by atoms with Crippen LogP contribution in [0.3, 0.4) is 0 Å². The van der Waals surface area contributed by atoms with E-state index in [4.69, 9.17) is 5.73 Å². The molecule has 72 valence electrons. The van der Waals surface area contributed by atoms with E-state index < -0.39 is 0 Å². The van der Waals surface area contributed by atoms with Crippen molar-refractivity contribution in [2.45, 2.75) is 50.2 Å². The first-order valence-electron chi connectivity index (χ1n) is 5.25. The summed E-state index contributed by atoms with van der Waals surface area (Å²) in [6, 6.07) is 0. The molecule has 0 aromatic rings. The first-order valence-corrected chi connectivity index (χ1v) is 6.30. The molecule has 0 heterocycles. The normalized spacial score (nSPS) is 21.8. The molecule has 0 saturated heterocycles. The number of thioether (sulfide) groups is 1. The van der Waals surface area contributed by atoms with Crippen LogP contribution >= 0.6 is 11.8 Å². The van der Waals surface area contributed by atoms with Crippen LogP contribution in [0.1, 0.15) is 44.9 Å². The Labute approximate surface area is 80.5 Å². The molecular formula is C10H21NS. The molecular weight excluding hydrogens is 166 g/mol. The molecule has 1 nitrogen and oxygen atoms in total. The molecule has 2 N–H and O–H groups in total. The van der Waals surface area contributed by atoms with Gasteiger partial charge < -0.3 is 5.73 Å². The van der Waals surface area contributed by atoms with Gasteiger partial charge in [0.2, 0.25) is 0 Å². The maximum atomic E-state index is 5.49. The quantitative estimate of drug-likeness (QED) is 0.735. The minimum atomic E-state index is 0.848. The fourth-order valence-corrected chi connectivity index (χ4v) is 2.96. The Morgan fingerprint density at radius 2 is 1.58 bits per heavy atom. The average molecular weight is 187 g/mol. The summed E-state index contributed by atoms with van der Waals surface area (Å²) >= 11 is 2.09. The predicted octanol–water partition coefficient (Wildman–Crippen LogP) is 2.79. The SMILES string of the molecule is NCCSC1CCCCCCC1. The summed E-state index contributed by atoms with van der Waals surface area (Å²) in [5.41, 5.74) is 5.49. The third-order valence-electron chi connectivity index (χ3n) is 2.52. The van der Waals surface area contributed by atoms with Gasteiger partial charge in [-0.25, -0.2) is 0 Å². The average Bonchev–Trinajstić information content (AvgIpc) is 2.02. The van der Waals surface area contributed by atoms with Gasteiger partial charge >= 0.3 is 0 Å². The smallest absolute Gasteiger partial charge is 0.00586 e. The second kappa shape index (κ2) is 6.79. The molecule has 0 aromatic carbocycles. The van der Waals surface area contributed by atoms with Crippen LogP contribution in [0.4, 0.5) is 0 Å². The van der Waals surface area contributed by atoms with Crippen LogP contribution < -0.4 is 5.73 Å². The van der Waals surface area contributed by atoms with Crippen LogP contribution in [-0.4, -0.2) is 17.5 Å². The highest BCUT2D eigenvalue weighted by molar-refractivity contribution is 7.99. The van der Waals surface area contributed by atoms with E-state index in [9.17, 15) is 0 Å². The molecule has 0 aliphatic heterocycles. The molecule has 2 heteroatoms. The molecule has 0 amide bonds. The highest BCUT2D eigenvalue weighted by Gasteiger charge is 2.10. The van der Waals surface area contributed by atoms with Crippen molar-refractivity contribution in [3.05, 3.63) is 0 Å². The molecule has 0 atom stereocenters. The van der Waals surface area contributed by atoms with Crippen molar-refractivity contribution in [2.24, 2.45) is 5.73 Å². The number of rotatable bonds is 3. The van der Waals surface area contributed by atoms with Gasteiger partial charge in [-0.05, 0) is 12.8 Å². The van der Waals surface area contributed by atoms with Gasteiger partial charge in [-0.2, -0.15) is 11.8 Å². The van der Waals surface area contributed by atoms with E-state index in [1.54, 1.807) is 0 Å². The highest BCUT2D eigenvalue weighted by atomic mass is 32.2. The molecule has 1 aliphatic carbocycles. The van der Waals surface area contributed by atoms with Crippen LogP contribution in [0.2, 0.25) is 0 Å². The van der Waals surface area contributed by atoms with E-state index in [-0.39, 0.29) is 0 Å². The summed E-state index contributed by atoms with van der Waals surface area (Å²) in [5, 5.41) is 0.925. The van der Waals surface area contributed by atoms with E-state index >= 15 is 0 Å². The van der Waals surface area contributed by atoms with Gasteiger partial charge in [0.15, 0.2) is 0 Å². The minimum absolute atomic E-state index is 0.848. The van der Waals surface area contributed by atoms with E-state index in [2.05, 4.69) is 11.8 Å². The zero-order chi connectivity index (χ0) is 8.65. The van der Waals surface area contributed by atoms with Crippen molar-refractivity contribution >= 4 is 11.8 Å². The maximum absolute atomic E-state index is 5.49. The third kappa shape index (κ3) is 4.36. The lowest BCUT2D eigenvalue weighted by Gasteiger charge is -2.18. The van der Waals surface area contributed by atoms with Gasteiger partial charge in [-0.15, -0.1) is 0 Å². The van der Waals surface area contributed by atoms with Crippen molar-refractivity contribution in [1.29, 1.82) is 0 Å². The summed E-state index contributed by atoms with van der Waals surface area (Å²) in [6.45, 7) is 0.848. The van der Waals surface area contributed by atoms with Gasteiger partial charge in [-0.1, -0.05) is 32.1 Å². The fourth-order valence-electron chi connectivity index (χ4n) is 1.82. The number of nitrogens with two attached hydrogens (primary N) is 1. The lowest BCUT2D eigenvalue weighted by Crippen LogP contribution is -2.10. The maximum Gasteiger partial charge on any atom is 0.00586 e. The van der Waals surface area contributed by atoms with Gasteiger partial charge in [0, 0.05) is 17.5 Å². The van der Waals surface area contributed by atoms with Gasteiger partial charge in [0.05, 0.1) is 0 Å². The van der Waals surface area contributed by atoms with E-state index in [0.717, 1.165) is 17.5 Å². The van der Waals surface area contributed by atoms with Crippen LogP contribution in [0.15, 0.2) is 0 Å². The Morgan fingerprint density at radius 1 is 1.00 bits per heavy atom. The topological polar surface area (TPSA) is 26.0 Å². The monoisotopic (exact) mass is 187 g/mol. The van der Waals surface area contributed by atoms with Crippen molar-refractivity contribution in [3.8, 4) is 0 Å². The summed E-state index contributed by atoms with van der Waals surface area (Å²) in [6.07, 6.45) is 10.1. The molecule has 1 saturated carbocycles. The first kappa shape index (κ1) is 10.4. The van der Waals surface area contributed by atoms with E-state index in [1.165, 1.54) is 44.9 Å². The second-order valence-corrected chi connectivity index (χ2v) is 5.03. The third-order valence-corrected chi connectivity index (χ3v) is 3.94. The van der Waals surface area contributed by atoms with Crippen molar-refractivity contribution in [3.63, 3.8) is 0 Å². The van der Waals surface area contributed by atoms with Crippen LogP contribution in [0, 0.1) is 0 Å². The van der Waals surface area contributed by atoms with Gasteiger partial charge in [0.25, 0.3) is 0 Å². The molecule has 0 spiro atoms. The molecule has 1 fully saturated rings. The van der Waals surface area contributed by atoms with Gasteiger partial charge in [-0.3, -0.25) is 0 Å². The molecule has 12 heavy (non-hydrogen) atoms. The van der Waals surface area contributed by atoms with Crippen molar-refractivity contribution < 1.29 is 0 Å². The zero-order valence-corrected chi connectivity index (χ0v) is 8.74. The van der Waals surface area contributed by atoms with Crippen LogP contribution in [-0.2, 0) is 0 Å². The fraction of sp³-hybridized carbons (Fsp3) is 1.00. The summed E-state index contributed by atoms with van der Waals surface area (Å²) < 4.78 is 0. The predicted molar refractivity (Wildman–Crippen MR) is 57.6 cm³/mol. The Morgan fingerprint density at radius 3 is 2.17 bits per heavy atom. The highest BCUT2D eigenvalue weighted by Crippen LogP contribution is 2.26. The molecule has 0 aromatic heterocycles. The molecule has 1 aliphatic rings. The zero-order valence-electron chi connectivity index (χ0n) is 7.93. The Bertz CT molecular complexity index is 95.3. The number of hydrogen-bond donors (Lipinski definition) is 1. The van der Waals surface area contributed by atoms with Gasteiger partial charge in [0.1, 0.15) is 0 Å². The summed E-state index contributed by atoms with van der Waals surface area (Å²) in [7, 11) is 0. The minimum Gasteiger partial charge on any atom is -0.330 e. The molecule has 0 radical (unpaired) electrons. The Balaban J connectivity index is 2.11. The Hall–Kier alpha value is 0.310. The second-order valence-electron chi connectivity index (χ2n) is 3.63. The molecule has 1 rings (SSSR count). The number of hydrogen-bond acceptors (Lipinski definition) is 2.